The van der Waals surface area contributed by atoms with Gasteiger partial charge in [0.2, 0.25) is 5.91 Å². The number of carbonyl (C=O) groups excluding carboxylic acids is 1. The number of hydrogen-bond donors (Lipinski definition) is 2. The number of nitrogens with two attached hydrogens (primary N) is 1. The minimum Gasteiger partial charge on any atom is -0.325 e. The first-order valence-corrected chi connectivity index (χ1v) is 8.47. The smallest absolute Gasteiger partial charge is 0.240 e. The zero-order valence-electron chi connectivity index (χ0n) is 12.1. The van der Waals surface area contributed by atoms with Crippen molar-refractivity contribution in [2.45, 2.75) is 56.1 Å². The molecule has 0 unspecified atom stereocenters. The molecule has 0 aliphatic heterocycles. The monoisotopic (exact) mass is 292 g/mol. The summed E-state index contributed by atoms with van der Waals surface area (Å²) < 4.78 is 0. The Hall–Kier alpha value is -1.00. The fourth-order valence-corrected chi connectivity index (χ4v) is 3.72. The lowest BCUT2D eigenvalue weighted by Crippen LogP contribution is -2.32. The summed E-state index contributed by atoms with van der Waals surface area (Å²) in [6, 6.07) is 7.60. The molecule has 1 aromatic carbocycles. The quantitative estimate of drug-likeness (QED) is 0.872. The molecule has 1 amide bonds. The number of carbonyl (C=O) groups is 1. The maximum Gasteiger partial charge on any atom is 0.240 e. The van der Waals surface area contributed by atoms with Crippen LogP contribution < -0.4 is 11.1 Å². The van der Waals surface area contributed by atoms with Crippen molar-refractivity contribution in [3.8, 4) is 0 Å². The average Bonchev–Trinajstić information content (AvgIpc) is 2.46. The second-order valence-corrected chi connectivity index (χ2v) is 6.84. The first-order valence-electron chi connectivity index (χ1n) is 7.42. The molecule has 20 heavy (non-hydrogen) atoms. The Bertz CT molecular complexity index is 442. The summed E-state index contributed by atoms with van der Waals surface area (Å²) in [5.41, 5.74) is 7.67. The van der Waals surface area contributed by atoms with Crippen molar-refractivity contribution in [3.05, 3.63) is 29.8 Å². The van der Waals surface area contributed by atoms with Gasteiger partial charge in [-0.25, -0.2) is 0 Å². The molecule has 3 N–H and O–H groups in total. The molecular formula is C16H24N2OS. The van der Waals surface area contributed by atoms with Crippen LogP contribution in [-0.2, 0) is 10.5 Å². The van der Waals surface area contributed by atoms with Crippen LogP contribution in [0.4, 0.5) is 5.69 Å². The fourth-order valence-electron chi connectivity index (χ4n) is 2.44. The van der Waals surface area contributed by atoms with Crippen molar-refractivity contribution in [2.75, 3.05) is 5.32 Å². The Morgan fingerprint density at radius 1 is 1.40 bits per heavy atom. The highest BCUT2D eigenvalue weighted by Gasteiger charge is 2.14. The third-order valence-electron chi connectivity index (χ3n) is 3.65. The number of amides is 1. The predicted octanol–water partition coefficient (Wildman–Crippen LogP) is 3.54. The first-order chi connectivity index (χ1) is 9.65. The molecule has 0 bridgehead atoms. The van der Waals surface area contributed by atoms with Crippen molar-refractivity contribution < 1.29 is 4.79 Å². The predicted molar refractivity (Wildman–Crippen MR) is 86.9 cm³/mol. The van der Waals surface area contributed by atoms with Crippen LogP contribution in [0.3, 0.4) is 0 Å². The standard InChI is InChI=1S/C16H24N2OS/c1-12(17)16(19)18-14-7-5-6-13(10-14)11-20-15-8-3-2-4-9-15/h5-7,10,12,15H,2-4,8-9,11,17H2,1H3,(H,18,19)/t12-/m1/s1. The summed E-state index contributed by atoms with van der Waals surface area (Å²) in [6.07, 6.45) is 6.86. The van der Waals surface area contributed by atoms with Gasteiger partial charge in [0.25, 0.3) is 0 Å². The molecule has 0 radical (unpaired) electrons. The van der Waals surface area contributed by atoms with E-state index < -0.39 is 6.04 Å². The number of benzene rings is 1. The van der Waals surface area contributed by atoms with E-state index in [0.29, 0.717) is 0 Å². The van der Waals surface area contributed by atoms with Gasteiger partial charge in [0.15, 0.2) is 0 Å². The highest BCUT2D eigenvalue weighted by Crippen LogP contribution is 2.30. The minimum absolute atomic E-state index is 0.137. The molecule has 0 spiro atoms. The van der Waals surface area contributed by atoms with E-state index in [9.17, 15) is 4.79 Å². The zero-order valence-corrected chi connectivity index (χ0v) is 12.9. The summed E-state index contributed by atoms with van der Waals surface area (Å²) in [5, 5.41) is 3.66. The van der Waals surface area contributed by atoms with Gasteiger partial charge in [-0.15, -0.1) is 0 Å². The number of rotatable bonds is 5. The summed E-state index contributed by atoms with van der Waals surface area (Å²) >= 11 is 2.05. The Balaban J connectivity index is 1.87. The molecule has 1 saturated carbocycles. The third-order valence-corrected chi connectivity index (χ3v) is 5.09. The number of thioether (sulfide) groups is 1. The fraction of sp³-hybridized carbons (Fsp3) is 0.562. The second kappa shape index (κ2) is 7.70. The summed E-state index contributed by atoms with van der Waals surface area (Å²) in [7, 11) is 0. The van der Waals surface area contributed by atoms with Crippen molar-refractivity contribution in [1.82, 2.24) is 0 Å². The zero-order chi connectivity index (χ0) is 14.4. The Kier molecular flexibility index (Phi) is 5.92. The van der Waals surface area contributed by atoms with E-state index in [4.69, 9.17) is 5.73 Å². The van der Waals surface area contributed by atoms with Gasteiger partial charge in [-0.05, 0) is 37.5 Å². The Labute approximate surface area is 125 Å². The van der Waals surface area contributed by atoms with Crippen LogP contribution >= 0.6 is 11.8 Å². The molecule has 2 rings (SSSR count). The van der Waals surface area contributed by atoms with Crippen LogP contribution in [0.25, 0.3) is 0 Å². The summed E-state index contributed by atoms with van der Waals surface area (Å²) in [6.45, 7) is 1.69. The van der Waals surface area contributed by atoms with Crippen LogP contribution in [0.1, 0.15) is 44.6 Å². The molecule has 1 fully saturated rings. The number of nitrogens with one attached hydrogen (secondary N) is 1. The second-order valence-electron chi connectivity index (χ2n) is 5.55. The van der Waals surface area contributed by atoms with E-state index in [1.54, 1.807) is 6.92 Å². The van der Waals surface area contributed by atoms with E-state index in [1.807, 2.05) is 23.9 Å². The molecule has 0 saturated heterocycles. The van der Waals surface area contributed by atoms with Gasteiger partial charge in [0, 0.05) is 16.7 Å². The van der Waals surface area contributed by atoms with Gasteiger partial charge in [0.05, 0.1) is 6.04 Å². The molecule has 0 aromatic heterocycles. The van der Waals surface area contributed by atoms with Crippen LogP contribution in [-0.4, -0.2) is 17.2 Å². The SMILES string of the molecule is C[C@@H](N)C(=O)Nc1cccc(CSC2CCCCC2)c1. The van der Waals surface area contributed by atoms with Crippen LogP contribution in [0.2, 0.25) is 0 Å². The average molecular weight is 292 g/mol. The van der Waals surface area contributed by atoms with Gasteiger partial charge in [-0.3, -0.25) is 4.79 Å². The van der Waals surface area contributed by atoms with E-state index in [2.05, 4.69) is 17.4 Å². The van der Waals surface area contributed by atoms with Crippen molar-refractivity contribution in [2.24, 2.45) is 5.73 Å². The van der Waals surface area contributed by atoms with Crippen LogP contribution in [0, 0.1) is 0 Å². The molecular weight excluding hydrogens is 268 g/mol. The summed E-state index contributed by atoms with van der Waals surface area (Å²) in [5.74, 6) is 0.883. The molecule has 1 atom stereocenters. The van der Waals surface area contributed by atoms with Crippen molar-refractivity contribution in [1.29, 1.82) is 0 Å². The first kappa shape index (κ1) is 15.4. The largest absolute Gasteiger partial charge is 0.325 e. The van der Waals surface area contributed by atoms with E-state index in [1.165, 1.54) is 37.7 Å². The number of hydrogen-bond acceptors (Lipinski definition) is 3. The van der Waals surface area contributed by atoms with Gasteiger partial charge >= 0.3 is 0 Å². The van der Waals surface area contributed by atoms with Gasteiger partial charge in [-0.1, -0.05) is 31.4 Å². The van der Waals surface area contributed by atoms with Crippen molar-refractivity contribution in [3.63, 3.8) is 0 Å². The maximum atomic E-state index is 11.6. The molecule has 4 heteroatoms. The molecule has 3 nitrogen and oxygen atoms in total. The lowest BCUT2D eigenvalue weighted by atomic mass is 10.0. The highest BCUT2D eigenvalue weighted by atomic mass is 32.2. The lowest BCUT2D eigenvalue weighted by Gasteiger charge is -2.21. The van der Waals surface area contributed by atoms with Crippen LogP contribution in [0.5, 0.6) is 0 Å². The molecule has 1 aromatic rings. The van der Waals surface area contributed by atoms with Gasteiger partial charge in [0.1, 0.15) is 0 Å². The van der Waals surface area contributed by atoms with E-state index in [-0.39, 0.29) is 5.91 Å². The van der Waals surface area contributed by atoms with E-state index in [0.717, 1.165) is 16.7 Å². The summed E-state index contributed by atoms with van der Waals surface area (Å²) in [4.78, 5) is 11.6. The lowest BCUT2D eigenvalue weighted by molar-refractivity contribution is -0.117. The Morgan fingerprint density at radius 2 is 2.15 bits per heavy atom. The van der Waals surface area contributed by atoms with Crippen molar-refractivity contribution >= 4 is 23.4 Å². The van der Waals surface area contributed by atoms with E-state index >= 15 is 0 Å². The highest BCUT2D eigenvalue weighted by molar-refractivity contribution is 7.99. The van der Waals surface area contributed by atoms with Gasteiger partial charge < -0.3 is 11.1 Å². The molecule has 1 aliphatic rings. The Morgan fingerprint density at radius 3 is 2.85 bits per heavy atom. The van der Waals surface area contributed by atoms with Crippen LogP contribution in [0.15, 0.2) is 24.3 Å². The maximum absolute atomic E-state index is 11.6. The molecule has 0 heterocycles. The topological polar surface area (TPSA) is 55.1 Å². The molecule has 1 aliphatic carbocycles. The number of anilines is 1. The third kappa shape index (κ3) is 4.84. The normalized spacial score (nSPS) is 17.7. The molecule has 110 valence electrons. The minimum atomic E-state index is -0.477. The van der Waals surface area contributed by atoms with Gasteiger partial charge in [-0.2, -0.15) is 11.8 Å².